The second-order valence-electron chi connectivity index (χ2n) is 5.04. The summed E-state index contributed by atoms with van der Waals surface area (Å²) in [6, 6.07) is 20.0. The van der Waals surface area contributed by atoms with E-state index in [4.69, 9.17) is 0 Å². The van der Waals surface area contributed by atoms with E-state index in [2.05, 4.69) is 54.6 Å². The Hall–Kier alpha value is -1.82. The van der Waals surface area contributed by atoms with Gasteiger partial charge in [-0.25, -0.2) is 0 Å². The van der Waals surface area contributed by atoms with Crippen LogP contribution < -0.4 is 0 Å². The lowest BCUT2D eigenvalue weighted by Gasteiger charge is -2.07. The molecule has 1 aliphatic rings. The maximum atomic E-state index is 2.36. The van der Waals surface area contributed by atoms with Gasteiger partial charge in [-0.1, -0.05) is 42.5 Å². The zero-order chi connectivity index (χ0) is 11.2. The number of rotatable bonds is 1. The molecule has 3 aromatic rings. The van der Waals surface area contributed by atoms with Crippen LogP contribution >= 0.6 is 0 Å². The van der Waals surface area contributed by atoms with Gasteiger partial charge >= 0.3 is 0 Å². The van der Waals surface area contributed by atoms with E-state index >= 15 is 0 Å². The second-order valence-corrected chi connectivity index (χ2v) is 5.04. The van der Waals surface area contributed by atoms with Crippen LogP contribution in [-0.4, -0.2) is 0 Å². The largest absolute Gasteiger partial charge is 0.0616 e. The number of hydrogen-bond donors (Lipinski definition) is 0. The first kappa shape index (κ1) is 9.23. The molecule has 0 atom stereocenters. The molecule has 17 heavy (non-hydrogen) atoms. The fourth-order valence-corrected chi connectivity index (χ4v) is 2.74. The molecule has 0 N–H and O–H groups in total. The van der Waals surface area contributed by atoms with Crippen molar-refractivity contribution < 1.29 is 0 Å². The lowest BCUT2D eigenvalue weighted by molar-refractivity contribution is 1.15. The van der Waals surface area contributed by atoms with E-state index in [1.54, 1.807) is 5.56 Å². The molecular formula is C17H14. The van der Waals surface area contributed by atoms with Crippen LogP contribution in [0.4, 0.5) is 0 Å². The Morgan fingerprint density at radius 3 is 2.18 bits per heavy atom. The molecule has 0 aliphatic heterocycles. The molecule has 0 saturated heterocycles. The highest BCUT2D eigenvalue weighted by molar-refractivity contribution is 5.99. The van der Waals surface area contributed by atoms with Gasteiger partial charge < -0.3 is 0 Å². The van der Waals surface area contributed by atoms with Crippen LogP contribution in [0.3, 0.4) is 0 Å². The fraction of sp³-hybridized carbons (Fsp3) is 0.176. The van der Waals surface area contributed by atoms with Gasteiger partial charge in [0.2, 0.25) is 0 Å². The first-order chi connectivity index (χ1) is 8.42. The van der Waals surface area contributed by atoms with Gasteiger partial charge in [-0.05, 0) is 58.0 Å². The summed E-state index contributed by atoms with van der Waals surface area (Å²) in [5.74, 6) is 0.819. The first-order valence-corrected chi connectivity index (χ1v) is 6.33. The minimum atomic E-state index is 0.819. The van der Waals surface area contributed by atoms with Gasteiger partial charge in [-0.2, -0.15) is 0 Å². The van der Waals surface area contributed by atoms with E-state index in [1.165, 1.54) is 34.4 Å². The molecular weight excluding hydrogens is 204 g/mol. The Kier molecular flexibility index (Phi) is 1.81. The molecule has 0 amide bonds. The Bertz CT molecular complexity index is 705. The highest BCUT2D eigenvalue weighted by Gasteiger charge is 2.24. The molecule has 0 unspecified atom stereocenters. The summed E-state index contributed by atoms with van der Waals surface area (Å²) in [5.41, 5.74) is 1.55. The van der Waals surface area contributed by atoms with Crippen molar-refractivity contribution in [3.63, 3.8) is 0 Å². The third-order valence-corrected chi connectivity index (χ3v) is 3.80. The molecule has 3 aromatic carbocycles. The molecule has 0 aromatic heterocycles. The number of hydrogen-bond acceptors (Lipinski definition) is 0. The fourth-order valence-electron chi connectivity index (χ4n) is 2.74. The highest BCUT2D eigenvalue weighted by Crippen LogP contribution is 2.43. The zero-order valence-corrected chi connectivity index (χ0v) is 9.69. The first-order valence-electron chi connectivity index (χ1n) is 6.33. The van der Waals surface area contributed by atoms with Crippen molar-refractivity contribution in [3.8, 4) is 0 Å². The second kappa shape index (κ2) is 3.33. The Labute approximate surface area is 101 Å². The van der Waals surface area contributed by atoms with E-state index in [-0.39, 0.29) is 0 Å². The summed E-state index contributed by atoms with van der Waals surface area (Å²) in [6.07, 6.45) is 2.73. The number of benzene rings is 3. The molecule has 0 bridgehead atoms. The van der Waals surface area contributed by atoms with Crippen LogP contribution in [0, 0.1) is 0 Å². The predicted octanol–water partition coefficient (Wildman–Crippen LogP) is 4.87. The van der Waals surface area contributed by atoms with Crippen LogP contribution in [0.15, 0.2) is 54.6 Å². The summed E-state index contributed by atoms with van der Waals surface area (Å²) in [5, 5.41) is 5.53. The van der Waals surface area contributed by atoms with E-state index in [1.807, 2.05) is 0 Å². The van der Waals surface area contributed by atoms with Crippen LogP contribution in [0.2, 0.25) is 0 Å². The monoisotopic (exact) mass is 218 g/mol. The Balaban J connectivity index is 2.12. The number of fused-ring (bicyclic) bond motifs is 2. The van der Waals surface area contributed by atoms with Crippen molar-refractivity contribution >= 4 is 21.5 Å². The van der Waals surface area contributed by atoms with Crippen LogP contribution in [0.1, 0.15) is 24.3 Å². The smallest absolute Gasteiger partial charge is 0.0143 e. The maximum absolute atomic E-state index is 2.36. The third kappa shape index (κ3) is 1.44. The van der Waals surface area contributed by atoms with Gasteiger partial charge in [0.15, 0.2) is 0 Å². The van der Waals surface area contributed by atoms with Gasteiger partial charge in [0.25, 0.3) is 0 Å². The summed E-state index contributed by atoms with van der Waals surface area (Å²) < 4.78 is 0. The van der Waals surface area contributed by atoms with Gasteiger partial charge in [-0.15, -0.1) is 0 Å². The molecule has 0 radical (unpaired) electrons. The van der Waals surface area contributed by atoms with E-state index in [9.17, 15) is 0 Å². The molecule has 0 heteroatoms. The summed E-state index contributed by atoms with van der Waals surface area (Å²) in [4.78, 5) is 0. The van der Waals surface area contributed by atoms with Gasteiger partial charge in [0, 0.05) is 0 Å². The molecule has 0 heterocycles. The van der Waals surface area contributed by atoms with Crippen molar-refractivity contribution in [1.82, 2.24) is 0 Å². The molecule has 4 rings (SSSR count). The SMILES string of the molecule is c1ccc2cc3c(C4CC4)cccc3cc2c1. The summed E-state index contributed by atoms with van der Waals surface area (Å²) in [6.45, 7) is 0. The minimum Gasteiger partial charge on any atom is -0.0616 e. The minimum absolute atomic E-state index is 0.819. The van der Waals surface area contributed by atoms with Crippen molar-refractivity contribution in [1.29, 1.82) is 0 Å². The van der Waals surface area contributed by atoms with Crippen molar-refractivity contribution in [2.24, 2.45) is 0 Å². The van der Waals surface area contributed by atoms with Gasteiger partial charge in [0.05, 0.1) is 0 Å². The van der Waals surface area contributed by atoms with Crippen LogP contribution in [0.25, 0.3) is 21.5 Å². The normalized spacial score (nSPS) is 15.5. The predicted molar refractivity (Wildman–Crippen MR) is 73.4 cm³/mol. The van der Waals surface area contributed by atoms with Crippen molar-refractivity contribution in [2.75, 3.05) is 0 Å². The summed E-state index contributed by atoms with van der Waals surface area (Å²) >= 11 is 0. The lowest BCUT2D eigenvalue weighted by atomic mass is 9.97. The maximum Gasteiger partial charge on any atom is -0.0143 e. The molecule has 82 valence electrons. The quantitative estimate of drug-likeness (QED) is 0.511. The van der Waals surface area contributed by atoms with Crippen LogP contribution in [-0.2, 0) is 0 Å². The molecule has 0 nitrogen and oxygen atoms in total. The van der Waals surface area contributed by atoms with Gasteiger partial charge in [-0.3, -0.25) is 0 Å². The Morgan fingerprint density at radius 2 is 1.41 bits per heavy atom. The lowest BCUT2D eigenvalue weighted by Crippen LogP contribution is -1.83. The van der Waals surface area contributed by atoms with Crippen molar-refractivity contribution in [2.45, 2.75) is 18.8 Å². The molecule has 1 aliphatic carbocycles. The average Bonchev–Trinajstić information content (AvgIpc) is 3.20. The molecule has 1 saturated carbocycles. The third-order valence-electron chi connectivity index (χ3n) is 3.80. The van der Waals surface area contributed by atoms with E-state index in [0.29, 0.717) is 0 Å². The summed E-state index contributed by atoms with van der Waals surface area (Å²) in [7, 11) is 0. The van der Waals surface area contributed by atoms with Crippen molar-refractivity contribution in [3.05, 3.63) is 60.2 Å². The molecule has 0 spiro atoms. The van der Waals surface area contributed by atoms with E-state index in [0.717, 1.165) is 5.92 Å². The molecule has 1 fully saturated rings. The standard InChI is InChI=1S/C17H14/c1-2-5-14-11-17-15(10-13(14)4-1)6-3-7-16(17)12-8-9-12/h1-7,10-12H,8-9H2. The zero-order valence-electron chi connectivity index (χ0n) is 9.69. The van der Waals surface area contributed by atoms with Crippen LogP contribution in [0.5, 0.6) is 0 Å². The topological polar surface area (TPSA) is 0 Å². The highest BCUT2D eigenvalue weighted by atomic mass is 14.3. The average molecular weight is 218 g/mol. The van der Waals surface area contributed by atoms with Gasteiger partial charge in [0.1, 0.15) is 0 Å². The van der Waals surface area contributed by atoms with E-state index < -0.39 is 0 Å². The Morgan fingerprint density at radius 1 is 0.706 bits per heavy atom.